The molecule has 0 amide bonds. The fraction of sp³-hybridized carbons (Fsp3) is 0.200. The van der Waals surface area contributed by atoms with Crippen molar-refractivity contribution in [2.75, 3.05) is 13.7 Å². The van der Waals surface area contributed by atoms with Crippen LogP contribution < -0.4 is 9.47 Å². The highest BCUT2D eigenvalue weighted by molar-refractivity contribution is 7.86. The van der Waals surface area contributed by atoms with Gasteiger partial charge in [-0.25, -0.2) is 0 Å². The molecule has 1 aliphatic heterocycles. The molecule has 1 heterocycles. The van der Waals surface area contributed by atoms with E-state index >= 15 is 0 Å². The monoisotopic (exact) mass is 306 g/mol. The summed E-state index contributed by atoms with van der Waals surface area (Å²) in [5, 5.41) is 0. The van der Waals surface area contributed by atoms with Crippen LogP contribution in [0.2, 0.25) is 0 Å². The summed E-state index contributed by atoms with van der Waals surface area (Å²) in [5.74, 6) is 0.980. The largest absolute Gasteiger partial charge is 0.497 e. The molecule has 0 saturated carbocycles. The van der Waals surface area contributed by atoms with Gasteiger partial charge in [0.1, 0.15) is 16.4 Å². The van der Waals surface area contributed by atoms with Crippen molar-refractivity contribution in [3.8, 4) is 22.6 Å². The Balaban J connectivity index is 2.15. The van der Waals surface area contributed by atoms with E-state index in [1.807, 2.05) is 18.2 Å². The molecular formula is C15H14O5S. The van der Waals surface area contributed by atoms with Gasteiger partial charge in [0.2, 0.25) is 0 Å². The smallest absolute Gasteiger partial charge is 0.298 e. The molecule has 0 fully saturated rings. The Morgan fingerprint density at radius 1 is 1.14 bits per heavy atom. The standard InChI is InChI=1S/C15H14O5S/c1-19-13-4-2-10(3-5-13)12-8-11-6-7-20-15(11)14(9-12)21(16,17)18/h2-5,8-9H,6-7H2,1H3,(H,16,17,18). The summed E-state index contributed by atoms with van der Waals surface area (Å²) in [6, 6.07) is 10.6. The third kappa shape index (κ3) is 2.59. The van der Waals surface area contributed by atoms with Crippen LogP contribution in [-0.2, 0) is 16.5 Å². The summed E-state index contributed by atoms with van der Waals surface area (Å²) in [6.07, 6.45) is 0.627. The average molecular weight is 306 g/mol. The quantitative estimate of drug-likeness (QED) is 0.882. The van der Waals surface area contributed by atoms with Crippen molar-refractivity contribution in [2.24, 2.45) is 0 Å². The van der Waals surface area contributed by atoms with E-state index in [2.05, 4.69) is 0 Å². The summed E-state index contributed by atoms with van der Waals surface area (Å²) in [7, 11) is -2.74. The minimum absolute atomic E-state index is 0.177. The van der Waals surface area contributed by atoms with Crippen molar-refractivity contribution in [2.45, 2.75) is 11.3 Å². The van der Waals surface area contributed by atoms with Crippen molar-refractivity contribution >= 4 is 10.1 Å². The molecule has 3 rings (SSSR count). The van der Waals surface area contributed by atoms with Crippen LogP contribution in [0.4, 0.5) is 0 Å². The van der Waals surface area contributed by atoms with Gasteiger partial charge < -0.3 is 9.47 Å². The molecule has 1 aliphatic rings. The zero-order chi connectivity index (χ0) is 15.0. The molecule has 0 aromatic heterocycles. The summed E-state index contributed by atoms with van der Waals surface area (Å²) >= 11 is 0. The van der Waals surface area contributed by atoms with Gasteiger partial charge in [-0.15, -0.1) is 0 Å². The van der Waals surface area contributed by atoms with Gasteiger partial charge in [-0.05, 0) is 41.0 Å². The second kappa shape index (κ2) is 5.05. The van der Waals surface area contributed by atoms with Crippen LogP contribution in [0.25, 0.3) is 11.1 Å². The molecule has 21 heavy (non-hydrogen) atoms. The zero-order valence-corrected chi connectivity index (χ0v) is 12.2. The van der Waals surface area contributed by atoms with E-state index in [9.17, 15) is 13.0 Å². The predicted octanol–water partition coefficient (Wildman–Crippen LogP) is 2.54. The predicted molar refractivity (Wildman–Crippen MR) is 77.4 cm³/mol. The van der Waals surface area contributed by atoms with Crippen molar-refractivity contribution < 1.29 is 22.4 Å². The first-order valence-electron chi connectivity index (χ1n) is 6.40. The molecule has 0 aliphatic carbocycles. The van der Waals surface area contributed by atoms with Crippen LogP contribution in [0.1, 0.15) is 5.56 Å². The number of methoxy groups -OCH3 is 1. The van der Waals surface area contributed by atoms with Crippen molar-refractivity contribution in [3.05, 3.63) is 42.0 Å². The molecule has 2 aromatic rings. The number of ether oxygens (including phenoxy) is 2. The summed E-state index contributed by atoms with van der Waals surface area (Å²) in [6.45, 7) is 0.421. The van der Waals surface area contributed by atoms with Crippen LogP contribution in [0, 0.1) is 0 Å². The van der Waals surface area contributed by atoms with Crippen LogP contribution in [-0.4, -0.2) is 26.7 Å². The second-order valence-corrected chi connectivity index (χ2v) is 6.15. The highest BCUT2D eigenvalue weighted by Crippen LogP contribution is 2.37. The van der Waals surface area contributed by atoms with Crippen LogP contribution >= 0.6 is 0 Å². The van der Waals surface area contributed by atoms with E-state index in [0.29, 0.717) is 13.0 Å². The number of rotatable bonds is 3. The van der Waals surface area contributed by atoms with Crippen LogP contribution in [0.5, 0.6) is 11.5 Å². The molecule has 2 aromatic carbocycles. The Morgan fingerprint density at radius 2 is 1.86 bits per heavy atom. The summed E-state index contributed by atoms with van der Waals surface area (Å²) in [5.41, 5.74) is 2.35. The first kappa shape index (κ1) is 13.9. The number of hydrogen-bond acceptors (Lipinski definition) is 4. The van der Waals surface area contributed by atoms with Gasteiger partial charge in [0, 0.05) is 6.42 Å². The molecule has 1 N–H and O–H groups in total. The van der Waals surface area contributed by atoms with E-state index < -0.39 is 10.1 Å². The molecule has 0 spiro atoms. The lowest BCUT2D eigenvalue weighted by Crippen LogP contribution is -2.01. The first-order chi connectivity index (χ1) is 9.99. The number of benzene rings is 2. The van der Waals surface area contributed by atoms with Gasteiger partial charge in [0.25, 0.3) is 10.1 Å². The van der Waals surface area contributed by atoms with Gasteiger partial charge >= 0.3 is 0 Å². The van der Waals surface area contributed by atoms with Crippen LogP contribution in [0.15, 0.2) is 41.3 Å². The van der Waals surface area contributed by atoms with E-state index in [4.69, 9.17) is 9.47 Å². The SMILES string of the molecule is COc1ccc(-c2cc3c(c(S(=O)(=O)O)c2)OCC3)cc1. The minimum atomic E-state index is -4.32. The third-order valence-corrected chi connectivity index (χ3v) is 4.31. The fourth-order valence-corrected chi connectivity index (χ4v) is 3.11. The molecule has 0 saturated heterocycles. The summed E-state index contributed by atoms with van der Waals surface area (Å²) in [4.78, 5) is -0.177. The van der Waals surface area contributed by atoms with Gasteiger partial charge in [-0.3, -0.25) is 4.55 Å². The van der Waals surface area contributed by atoms with Gasteiger partial charge in [0.15, 0.2) is 0 Å². The van der Waals surface area contributed by atoms with E-state index in [1.165, 1.54) is 6.07 Å². The molecule has 0 radical (unpaired) electrons. The highest BCUT2D eigenvalue weighted by Gasteiger charge is 2.25. The van der Waals surface area contributed by atoms with Crippen molar-refractivity contribution in [1.29, 1.82) is 0 Å². The average Bonchev–Trinajstić information content (AvgIpc) is 2.93. The van der Waals surface area contributed by atoms with Gasteiger partial charge in [-0.2, -0.15) is 8.42 Å². The molecule has 0 atom stereocenters. The van der Waals surface area contributed by atoms with Crippen LogP contribution in [0.3, 0.4) is 0 Å². The first-order valence-corrected chi connectivity index (χ1v) is 7.84. The Morgan fingerprint density at radius 3 is 2.48 bits per heavy atom. The molecule has 110 valence electrons. The maximum atomic E-state index is 11.5. The Labute approximate surface area is 122 Å². The summed E-state index contributed by atoms with van der Waals surface area (Å²) < 4.78 is 42.9. The molecule has 0 bridgehead atoms. The maximum Gasteiger partial charge on any atom is 0.298 e. The third-order valence-electron chi connectivity index (χ3n) is 3.45. The Bertz CT molecular complexity index is 778. The molecule has 6 heteroatoms. The highest BCUT2D eigenvalue weighted by atomic mass is 32.2. The van der Waals surface area contributed by atoms with E-state index in [0.717, 1.165) is 22.4 Å². The second-order valence-electron chi connectivity index (χ2n) is 4.76. The van der Waals surface area contributed by atoms with Gasteiger partial charge in [0.05, 0.1) is 13.7 Å². The topological polar surface area (TPSA) is 72.8 Å². The lowest BCUT2D eigenvalue weighted by atomic mass is 10.0. The molecule has 5 nitrogen and oxygen atoms in total. The lowest BCUT2D eigenvalue weighted by molar-refractivity contribution is 0.346. The number of fused-ring (bicyclic) bond motifs is 1. The van der Waals surface area contributed by atoms with Crippen molar-refractivity contribution in [1.82, 2.24) is 0 Å². The maximum absolute atomic E-state index is 11.5. The Kier molecular flexibility index (Phi) is 3.35. The Hall–Kier alpha value is -2.05. The normalized spacial score (nSPS) is 13.6. The fourth-order valence-electron chi connectivity index (χ4n) is 2.41. The van der Waals surface area contributed by atoms with Crippen molar-refractivity contribution in [3.63, 3.8) is 0 Å². The lowest BCUT2D eigenvalue weighted by Gasteiger charge is -2.10. The molecular weight excluding hydrogens is 292 g/mol. The molecule has 0 unspecified atom stereocenters. The number of hydrogen-bond donors (Lipinski definition) is 1. The minimum Gasteiger partial charge on any atom is -0.497 e. The van der Waals surface area contributed by atoms with E-state index in [1.54, 1.807) is 19.2 Å². The van der Waals surface area contributed by atoms with Gasteiger partial charge in [-0.1, -0.05) is 12.1 Å². The van der Waals surface area contributed by atoms with E-state index in [-0.39, 0.29) is 10.6 Å². The zero-order valence-electron chi connectivity index (χ0n) is 11.4.